The number of oxime groups is 1. The Labute approximate surface area is 70.4 Å². The third-order valence-electron chi connectivity index (χ3n) is 1.08. The van der Waals surface area contributed by atoms with Crippen molar-refractivity contribution in [3.8, 4) is 6.07 Å². The third kappa shape index (κ3) is 2.38. The summed E-state index contributed by atoms with van der Waals surface area (Å²) in [5.74, 6) is -0.460. The van der Waals surface area contributed by atoms with E-state index in [1.165, 1.54) is 0 Å². The molecule has 0 rings (SSSR count). The maximum Gasteiger partial charge on any atom is 0.268 e. The molecule has 0 aromatic rings. The van der Waals surface area contributed by atoms with Crippen LogP contribution < -0.4 is 11.5 Å². The first-order valence-corrected chi connectivity index (χ1v) is 3.32. The molecule has 0 heterocycles. The van der Waals surface area contributed by atoms with E-state index < -0.39 is 11.6 Å². The van der Waals surface area contributed by atoms with Gasteiger partial charge in [-0.3, -0.25) is 5.73 Å². The van der Waals surface area contributed by atoms with Crippen LogP contribution >= 0.6 is 0 Å². The second-order valence-corrected chi connectivity index (χ2v) is 2.50. The minimum absolute atomic E-state index is 0.282. The lowest BCUT2D eigenvalue weighted by atomic mass is 10.2. The van der Waals surface area contributed by atoms with Crippen molar-refractivity contribution in [1.29, 1.82) is 5.26 Å². The summed E-state index contributed by atoms with van der Waals surface area (Å²) in [6.07, 6.45) is -0.282. The zero-order chi connectivity index (χ0) is 9.78. The van der Waals surface area contributed by atoms with E-state index in [0.717, 1.165) is 0 Å². The van der Waals surface area contributed by atoms with Gasteiger partial charge in [-0.15, -0.1) is 0 Å². The number of nitrogens with two attached hydrogens (primary N) is 2. The fourth-order valence-corrected chi connectivity index (χ4v) is 0.590. The molecule has 0 saturated heterocycles. The van der Waals surface area contributed by atoms with E-state index >= 15 is 0 Å². The molecule has 0 aliphatic carbocycles. The highest BCUT2D eigenvalue weighted by Gasteiger charge is 2.32. The van der Waals surface area contributed by atoms with Gasteiger partial charge in [-0.25, -0.2) is 0 Å². The SMILES string of the molecule is CC(C)OC(N)(C#N)C(N)=NO. The maximum atomic E-state index is 8.56. The van der Waals surface area contributed by atoms with Crippen molar-refractivity contribution in [3.63, 3.8) is 0 Å². The fraction of sp³-hybridized carbons (Fsp3) is 0.667. The van der Waals surface area contributed by atoms with Crippen LogP contribution in [-0.4, -0.2) is 22.9 Å². The van der Waals surface area contributed by atoms with E-state index in [4.69, 9.17) is 26.7 Å². The van der Waals surface area contributed by atoms with Gasteiger partial charge in [-0.1, -0.05) is 5.16 Å². The number of nitriles is 1. The summed E-state index contributed by atoms with van der Waals surface area (Å²) in [6.45, 7) is 3.37. The molecule has 0 amide bonds. The van der Waals surface area contributed by atoms with Gasteiger partial charge < -0.3 is 15.7 Å². The predicted molar refractivity (Wildman–Crippen MR) is 42.2 cm³/mol. The highest BCUT2D eigenvalue weighted by atomic mass is 16.5. The molecule has 6 nitrogen and oxygen atoms in total. The summed E-state index contributed by atoms with van der Waals surface area (Å²) in [4.78, 5) is 0. The zero-order valence-corrected chi connectivity index (χ0v) is 6.98. The largest absolute Gasteiger partial charge is 0.409 e. The van der Waals surface area contributed by atoms with Crippen molar-refractivity contribution >= 4 is 5.84 Å². The van der Waals surface area contributed by atoms with Crippen LogP contribution in [0.5, 0.6) is 0 Å². The summed E-state index contributed by atoms with van der Waals surface area (Å²) < 4.78 is 4.94. The standard InChI is InChI=1S/C6H12N4O2/c1-4(2)12-6(9,3-7)5(8)10-11/h4,11H,9H2,1-2H3,(H2,8,10). The van der Waals surface area contributed by atoms with E-state index in [1.807, 2.05) is 0 Å². The van der Waals surface area contributed by atoms with Crippen molar-refractivity contribution in [2.45, 2.75) is 25.7 Å². The fourth-order valence-electron chi connectivity index (χ4n) is 0.590. The molecule has 1 atom stereocenters. The Morgan fingerprint density at radius 3 is 2.50 bits per heavy atom. The summed E-state index contributed by atoms with van der Waals surface area (Å²) in [5.41, 5.74) is 8.65. The second kappa shape index (κ2) is 3.90. The van der Waals surface area contributed by atoms with Crippen molar-refractivity contribution in [3.05, 3.63) is 0 Å². The number of amidine groups is 1. The van der Waals surface area contributed by atoms with Crippen LogP contribution in [0.4, 0.5) is 0 Å². The zero-order valence-electron chi connectivity index (χ0n) is 6.98. The molecule has 0 aliphatic rings. The average molecular weight is 172 g/mol. The van der Waals surface area contributed by atoms with Crippen LogP contribution in [0.15, 0.2) is 5.16 Å². The molecule has 0 aromatic carbocycles. The topological polar surface area (TPSA) is 118 Å². The summed E-state index contributed by atoms with van der Waals surface area (Å²) >= 11 is 0. The van der Waals surface area contributed by atoms with Crippen LogP contribution in [-0.2, 0) is 4.74 Å². The highest BCUT2D eigenvalue weighted by molar-refractivity contribution is 5.90. The Morgan fingerprint density at radius 1 is 1.75 bits per heavy atom. The van der Waals surface area contributed by atoms with Crippen LogP contribution in [0, 0.1) is 11.3 Å². The van der Waals surface area contributed by atoms with Crippen molar-refractivity contribution in [1.82, 2.24) is 0 Å². The minimum Gasteiger partial charge on any atom is -0.409 e. The Hall–Kier alpha value is -1.32. The van der Waals surface area contributed by atoms with Gasteiger partial charge in [0.1, 0.15) is 6.07 Å². The first-order valence-electron chi connectivity index (χ1n) is 3.32. The van der Waals surface area contributed by atoms with Gasteiger partial charge in [0.15, 0.2) is 0 Å². The van der Waals surface area contributed by atoms with Gasteiger partial charge >= 0.3 is 0 Å². The quantitative estimate of drug-likeness (QED) is 0.172. The first-order chi connectivity index (χ1) is 5.46. The van der Waals surface area contributed by atoms with E-state index in [9.17, 15) is 0 Å². The van der Waals surface area contributed by atoms with E-state index in [1.54, 1.807) is 19.9 Å². The Morgan fingerprint density at radius 2 is 2.25 bits per heavy atom. The van der Waals surface area contributed by atoms with Crippen LogP contribution in [0.25, 0.3) is 0 Å². The first kappa shape index (κ1) is 10.7. The lowest BCUT2D eigenvalue weighted by Gasteiger charge is -2.22. The number of ether oxygens (including phenoxy) is 1. The van der Waals surface area contributed by atoms with Crippen molar-refractivity contribution < 1.29 is 9.94 Å². The molecule has 6 heteroatoms. The molecule has 1 unspecified atom stereocenters. The molecular weight excluding hydrogens is 160 g/mol. The van der Waals surface area contributed by atoms with Gasteiger partial charge in [0.25, 0.3) is 5.72 Å². The molecule has 0 fully saturated rings. The van der Waals surface area contributed by atoms with Crippen LogP contribution in [0.1, 0.15) is 13.8 Å². The number of hydrogen-bond donors (Lipinski definition) is 3. The molecule has 0 spiro atoms. The molecule has 0 aliphatic heterocycles. The van der Waals surface area contributed by atoms with Gasteiger partial charge in [-0.2, -0.15) is 5.26 Å². The molecule has 68 valence electrons. The lowest BCUT2D eigenvalue weighted by Crippen LogP contribution is -2.54. The van der Waals surface area contributed by atoms with E-state index in [-0.39, 0.29) is 6.10 Å². The predicted octanol–water partition coefficient (Wildman–Crippen LogP) is -0.664. The molecule has 12 heavy (non-hydrogen) atoms. The maximum absolute atomic E-state index is 8.56. The molecular formula is C6H12N4O2. The molecule has 5 N–H and O–H groups in total. The van der Waals surface area contributed by atoms with Crippen LogP contribution in [0.2, 0.25) is 0 Å². The van der Waals surface area contributed by atoms with Crippen LogP contribution in [0.3, 0.4) is 0 Å². The normalized spacial score (nSPS) is 17.1. The van der Waals surface area contributed by atoms with Crippen molar-refractivity contribution in [2.24, 2.45) is 16.6 Å². The summed E-state index contributed by atoms with van der Waals surface area (Å²) in [5, 5.41) is 19.4. The Kier molecular flexibility index (Phi) is 3.47. The summed E-state index contributed by atoms with van der Waals surface area (Å²) in [6, 6.07) is 1.60. The molecule has 0 aromatic heterocycles. The highest BCUT2D eigenvalue weighted by Crippen LogP contribution is 2.05. The Balaban J connectivity index is 4.60. The van der Waals surface area contributed by atoms with E-state index in [0.29, 0.717) is 0 Å². The average Bonchev–Trinajstić information content (AvgIpc) is 2.01. The number of nitrogens with zero attached hydrogens (tertiary/aromatic N) is 2. The van der Waals surface area contributed by atoms with E-state index in [2.05, 4.69) is 5.16 Å². The van der Waals surface area contributed by atoms with Gasteiger partial charge in [0.05, 0.1) is 6.10 Å². The Bertz CT molecular complexity index is 220. The number of rotatable bonds is 3. The monoisotopic (exact) mass is 172 g/mol. The molecule has 0 radical (unpaired) electrons. The third-order valence-corrected chi connectivity index (χ3v) is 1.08. The number of hydrogen-bond acceptors (Lipinski definition) is 5. The smallest absolute Gasteiger partial charge is 0.268 e. The van der Waals surface area contributed by atoms with Gasteiger partial charge in [-0.05, 0) is 13.8 Å². The van der Waals surface area contributed by atoms with Gasteiger partial charge in [0.2, 0.25) is 5.84 Å². The lowest BCUT2D eigenvalue weighted by molar-refractivity contribution is 0.00382. The minimum atomic E-state index is -1.84. The van der Waals surface area contributed by atoms with Crippen molar-refractivity contribution in [2.75, 3.05) is 0 Å². The second-order valence-electron chi connectivity index (χ2n) is 2.50. The summed E-state index contributed by atoms with van der Waals surface area (Å²) in [7, 11) is 0. The van der Waals surface area contributed by atoms with Gasteiger partial charge in [0, 0.05) is 0 Å². The molecule has 0 saturated carbocycles. The molecule has 0 bridgehead atoms.